The van der Waals surface area contributed by atoms with Gasteiger partial charge < -0.3 is 4.42 Å². The lowest BCUT2D eigenvalue weighted by Gasteiger charge is -2.18. The fraction of sp³-hybridized carbons (Fsp3) is 0. The average Bonchev–Trinajstić information content (AvgIpc) is 3.64. The lowest BCUT2D eigenvalue weighted by molar-refractivity contribution is 0.673. The van der Waals surface area contributed by atoms with Crippen LogP contribution in [0.15, 0.2) is 137 Å². The van der Waals surface area contributed by atoms with Gasteiger partial charge in [-0.1, -0.05) is 97.1 Å². The standard InChI is InChI=1S/C38H22OS/c1-2-9-24-22-25(17-16-23(24)8-1)35-26-10-3-5-12-28(26)36(29-13-6-4-11-27(29)35)31-14-7-15-33-37(31)32-18-19-34-30(20-21-40-34)38(32)39-33/h1-22H. The van der Waals surface area contributed by atoms with Gasteiger partial charge in [0, 0.05) is 20.9 Å². The summed E-state index contributed by atoms with van der Waals surface area (Å²) in [5.74, 6) is 0. The smallest absolute Gasteiger partial charge is 0.144 e. The Kier molecular flexibility index (Phi) is 4.55. The van der Waals surface area contributed by atoms with Crippen molar-refractivity contribution < 1.29 is 4.42 Å². The van der Waals surface area contributed by atoms with Gasteiger partial charge in [-0.05, 0) is 90.3 Å². The molecule has 0 bridgehead atoms. The SMILES string of the molecule is c1ccc2cc(-c3c4ccccc4c(-c4cccc5oc6c7ccsc7ccc6c45)c4ccccc34)ccc2c1. The number of hydrogen-bond donors (Lipinski definition) is 0. The Balaban J connectivity index is 1.44. The van der Waals surface area contributed by atoms with Gasteiger partial charge in [0.05, 0.1) is 0 Å². The zero-order chi connectivity index (χ0) is 26.2. The first-order chi connectivity index (χ1) is 19.8. The molecule has 40 heavy (non-hydrogen) atoms. The molecule has 0 aliphatic carbocycles. The third-order valence-electron chi connectivity index (χ3n) is 8.33. The van der Waals surface area contributed by atoms with E-state index in [9.17, 15) is 0 Å². The molecule has 0 N–H and O–H groups in total. The molecule has 2 heterocycles. The molecule has 0 saturated heterocycles. The molecule has 9 aromatic rings. The second-order valence-corrected chi connectivity index (χ2v) is 11.4. The topological polar surface area (TPSA) is 13.1 Å². The van der Waals surface area contributed by atoms with Crippen LogP contribution in [0.2, 0.25) is 0 Å². The highest BCUT2D eigenvalue weighted by atomic mass is 32.1. The molecule has 0 amide bonds. The minimum Gasteiger partial charge on any atom is -0.455 e. The van der Waals surface area contributed by atoms with E-state index in [1.54, 1.807) is 11.3 Å². The first kappa shape index (κ1) is 22.0. The summed E-state index contributed by atoms with van der Waals surface area (Å²) in [6.45, 7) is 0. The minimum atomic E-state index is 0.929. The van der Waals surface area contributed by atoms with Gasteiger partial charge in [0.2, 0.25) is 0 Å². The van der Waals surface area contributed by atoms with Crippen molar-refractivity contribution in [3.63, 3.8) is 0 Å². The van der Waals surface area contributed by atoms with Gasteiger partial charge in [0.15, 0.2) is 0 Å². The van der Waals surface area contributed by atoms with Crippen LogP contribution >= 0.6 is 11.3 Å². The van der Waals surface area contributed by atoms with E-state index in [1.807, 2.05) is 0 Å². The summed E-state index contributed by atoms with van der Waals surface area (Å²) >= 11 is 1.76. The quantitative estimate of drug-likeness (QED) is 0.204. The highest BCUT2D eigenvalue weighted by molar-refractivity contribution is 7.17. The average molecular weight is 527 g/mol. The zero-order valence-electron chi connectivity index (χ0n) is 21.5. The molecule has 2 aromatic heterocycles. The predicted octanol–water partition coefficient (Wildman–Crippen LogP) is 11.6. The summed E-state index contributed by atoms with van der Waals surface area (Å²) in [7, 11) is 0. The van der Waals surface area contributed by atoms with E-state index in [4.69, 9.17) is 4.42 Å². The summed E-state index contributed by atoms with van der Waals surface area (Å²) in [6, 6.07) is 46.3. The van der Waals surface area contributed by atoms with Crippen molar-refractivity contribution in [2.75, 3.05) is 0 Å². The number of furan rings is 1. The monoisotopic (exact) mass is 526 g/mol. The second-order valence-electron chi connectivity index (χ2n) is 10.5. The summed E-state index contributed by atoms with van der Waals surface area (Å²) in [5, 5.41) is 13.2. The molecule has 2 heteroatoms. The van der Waals surface area contributed by atoms with E-state index in [1.165, 1.54) is 75.4 Å². The molecule has 0 unspecified atom stereocenters. The van der Waals surface area contributed by atoms with Crippen LogP contribution in [-0.2, 0) is 0 Å². The Hall–Kier alpha value is -4.92. The molecule has 0 aliphatic heterocycles. The van der Waals surface area contributed by atoms with E-state index in [0.717, 1.165) is 11.2 Å². The van der Waals surface area contributed by atoms with Gasteiger partial charge in [0.1, 0.15) is 11.2 Å². The van der Waals surface area contributed by atoms with Gasteiger partial charge in [0.25, 0.3) is 0 Å². The van der Waals surface area contributed by atoms with Crippen LogP contribution in [0, 0.1) is 0 Å². The van der Waals surface area contributed by atoms with Gasteiger partial charge >= 0.3 is 0 Å². The van der Waals surface area contributed by atoms with E-state index in [0.29, 0.717) is 0 Å². The highest BCUT2D eigenvalue weighted by Gasteiger charge is 2.21. The maximum atomic E-state index is 6.55. The normalized spacial score (nSPS) is 12.0. The number of thiophene rings is 1. The third-order valence-corrected chi connectivity index (χ3v) is 9.21. The number of benzene rings is 7. The number of fused-ring (bicyclic) bond motifs is 8. The molecular formula is C38H22OS. The van der Waals surface area contributed by atoms with Crippen LogP contribution in [-0.4, -0.2) is 0 Å². The van der Waals surface area contributed by atoms with Crippen molar-refractivity contribution in [3.8, 4) is 22.3 Å². The summed E-state index contributed by atoms with van der Waals surface area (Å²) in [6.07, 6.45) is 0. The first-order valence-corrected chi connectivity index (χ1v) is 14.5. The number of hydrogen-bond acceptors (Lipinski definition) is 2. The first-order valence-electron chi connectivity index (χ1n) is 13.6. The van der Waals surface area contributed by atoms with Crippen LogP contribution in [0.4, 0.5) is 0 Å². The van der Waals surface area contributed by atoms with Crippen LogP contribution in [0.5, 0.6) is 0 Å². The lowest BCUT2D eigenvalue weighted by atomic mass is 9.84. The third kappa shape index (κ3) is 3.03. The minimum absolute atomic E-state index is 0.929. The van der Waals surface area contributed by atoms with Crippen LogP contribution < -0.4 is 0 Å². The molecule has 1 nitrogen and oxygen atoms in total. The Morgan fingerprint density at radius 2 is 1.18 bits per heavy atom. The molecule has 9 rings (SSSR count). The molecule has 0 saturated carbocycles. The predicted molar refractivity (Wildman–Crippen MR) is 172 cm³/mol. The van der Waals surface area contributed by atoms with Crippen molar-refractivity contribution in [3.05, 3.63) is 133 Å². The maximum Gasteiger partial charge on any atom is 0.144 e. The van der Waals surface area contributed by atoms with Crippen molar-refractivity contribution in [1.29, 1.82) is 0 Å². The molecule has 0 spiro atoms. The highest BCUT2D eigenvalue weighted by Crippen LogP contribution is 2.47. The molecule has 7 aromatic carbocycles. The molecule has 0 atom stereocenters. The van der Waals surface area contributed by atoms with Crippen LogP contribution in [0.25, 0.3) is 86.6 Å². The molecular weight excluding hydrogens is 504 g/mol. The van der Waals surface area contributed by atoms with Crippen molar-refractivity contribution >= 4 is 75.7 Å². The Morgan fingerprint density at radius 3 is 1.95 bits per heavy atom. The van der Waals surface area contributed by atoms with E-state index in [-0.39, 0.29) is 0 Å². The lowest BCUT2D eigenvalue weighted by Crippen LogP contribution is -1.91. The van der Waals surface area contributed by atoms with Crippen molar-refractivity contribution in [2.45, 2.75) is 0 Å². The summed E-state index contributed by atoms with van der Waals surface area (Å²) in [4.78, 5) is 0. The second kappa shape index (κ2) is 8.29. The Labute approximate surface area is 234 Å². The molecule has 0 radical (unpaired) electrons. The Bertz CT molecular complexity index is 2380. The largest absolute Gasteiger partial charge is 0.455 e. The van der Waals surface area contributed by atoms with Crippen molar-refractivity contribution in [1.82, 2.24) is 0 Å². The zero-order valence-corrected chi connectivity index (χ0v) is 22.3. The fourth-order valence-electron chi connectivity index (χ4n) is 6.61. The summed E-state index contributed by atoms with van der Waals surface area (Å²) in [5.41, 5.74) is 6.90. The van der Waals surface area contributed by atoms with E-state index in [2.05, 4.69) is 133 Å². The van der Waals surface area contributed by atoms with E-state index < -0.39 is 0 Å². The van der Waals surface area contributed by atoms with Crippen LogP contribution in [0.3, 0.4) is 0 Å². The Morgan fingerprint density at radius 1 is 0.475 bits per heavy atom. The summed E-state index contributed by atoms with van der Waals surface area (Å²) < 4.78 is 7.80. The maximum absolute atomic E-state index is 6.55. The van der Waals surface area contributed by atoms with E-state index >= 15 is 0 Å². The van der Waals surface area contributed by atoms with Gasteiger partial charge in [-0.15, -0.1) is 11.3 Å². The molecule has 0 aliphatic rings. The van der Waals surface area contributed by atoms with Gasteiger partial charge in [-0.3, -0.25) is 0 Å². The van der Waals surface area contributed by atoms with Gasteiger partial charge in [-0.25, -0.2) is 0 Å². The van der Waals surface area contributed by atoms with Crippen LogP contribution in [0.1, 0.15) is 0 Å². The molecule has 186 valence electrons. The van der Waals surface area contributed by atoms with Gasteiger partial charge in [-0.2, -0.15) is 0 Å². The fourth-order valence-corrected chi connectivity index (χ4v) is 7.40. The van der Waals surface area contributed by atoms with Crippen molar-refractivity contribution in [2.24, 2.45) is 0 Å². The number of rotatable bonds is 2. The molecule has 0 fully saturated rings.